The van der Waals surface area contributed by atoms with Crippen molar-refractivity contribution in [1.29, 1.82) is 0 Å². The molecule has 7 nitrogen and oxygen atoms in total. The van der Waals surface area contributed by atoms with E-state index >= 15 is 0 Å². The third-order valence-corrected chi connectivity index (χ3v) is 6.06. The van der Waals surface area contributed by atoms with Crippen molar-refractivity contribution in [2.24, 2.45) is 5.92 Å². The molecule has 0 spiro atoms. The molecule has 8 heteroatoms. The topological polar surface area (TPSA) is 91.5 Å². The molecule has 1 saturated heterocycles. The SMILES string of the molecule is Cc1[nH]c(C(=O)N2CCCC(C(=O)NCc3ccccc3Cl)C2)c(C)c1C(=O)OC(C)C. The van der Waals surface area contributed by atoms with Gasteiger partial charge in [-0.25, -0.2) is 4.79 Å². The molecule has 2 amide bonds. The number of likely N-dealkylation sites (tertiary alicyclic amines) is 1. The summed E-state index contributed by atoms with van der Waals surface area (Å²) in [6.45, 7) is 8.30. The number of H-pyrrole nitrogens is 1. The van der Waals surface area contributed by atoms with E-state index in [1.165, 1.54) is 0 Å². The molecule has 2 aromatic rings. The van der Waals surface area contributed by atoms with E-state index in [0.717, 1.165) is 12.0 Å². The molecule has 0 aliphatic carbocycles. The summed E-state index contributed by atoms with van der Waals surface area (Å²) in [5, 5.41) is 3.55. The molecule has 0 saturated carbocycles. The molecule has 3 rings (SSSR count). The Hall–Kier alpha value is -2.80. The van der Waals surface area contributed by atoms with Crippen LogP contribution in [0.4, 0.5) is 0 Å². The average molecular weight is 460 g/mol. The number of esters is 1. The van der Waals surface area contributed by atoms with E-state index in [2.05, 4.69) is 10.3 Å². The van der Waals surface area contributed by atoms with Gasteiger partial charge in [0.1, 0.15) is 5.69 Å². The van der Waals surface area contributed by atoms with Crippen LogP contribution in [0.1, 0.15) is 64.4 Å². The number of carbonyl (C=O) groups excluding carboxylic acids is 3. The van der Waals surface area contributed by atoms with E-state index in [0.29, 0.717) is 53.6 Å². The quantitative estimate of drug-likeness (QED) is 0.638. The fourth-order valence-electron chi connectivity index (χ4n) is 4.05. The van der Waals surface area contributed by atoms with Crippen LogP contribution in [-0.4, -0.2) is 46.9 Å². The highest BCUT2D eigenvalue weighted by atomic mass is 35.5. The summed E-state index contributed by atoms with van der Waals surface area (Å²) in [7, 11) is 0. The van der Waals surface area contributed by atoms with Gasteiger partial charge < -0.3 is 19.9 Å². The van der Waals surface area contributed by atoms with Crippen LogP contribution < -0.4 is 5.32 Å². The highest BCUT2D eigenvalue weighted by Gasteiger charge is 2.32. The number of nitrogens with one attached hydrogen (secondary N) is 2. The molecule has 2 N–H and O–H groups in total. The molecule has 1 unspecified atom stereocenters. The molecular weight excluding hydrogens is 430 g/mol. The number of ether oxygens (including phenoxy) is 1. The number of aryl methyl sites for hydroxylation is 1. The monoisotopic (exact) mass is 459 g/mol. The lowest BCUT2D eigenvalue weighted by atomic mass is 9.96. The van der Waals surface area contributed by atoms with Gasteiger partial charge in [-0.15, -0.1) is 0 Å². The zero-order valence-corrected chi connectivity index (χ0v) is 19.7. The molecule has 1 aromatic carbocycles. The van der Waals surface area contributed by atoms with Crippen LogP contribution in [-0.2, 0) is 16.1 Å². The van der Waals surface area contributed by atoms with Crippen molar-refractivity contribution in [3.63, 3.8) is 0 Å². The minimum Gasteiger partial charge on any atom is -0.459 e. The van der Waals surface area contributed by atoms with Crippen molar-refractivity contribution in [3.8, 4) is 0 Å². The van der Waals surface area contributed by atoms with Crippen LogP contribution in [0.15, 0.2) is 24.3 Å². The van der Waals surface area contributed by atoms with E-state index in [4.69, 9.17) is 16.3 Å². The number of amides is 2. The second-order valence-corrected chi connectivity index (χ2v) is 8.89. The molecule has 172 valence electrons. The summed E-state index contributed by atoms with van der Waals surface area (Å²) < 4.78 is 5.31. The van der Waals surface area contributed by atoms with Crippen molar-refractivity contribution >= 4 is 29.4 Å². The van der Waals surface area contributed by atoms with Crippen molar-refractivity contribution < 1.29 is 19.1 Å². The van der Waals surface area contributed by atoms with Crippen molar-refractivity contribution in [1.82, 2.24) is 15.2 Å². The molecule has 32 heavy (non-hydrogen) atoms. The average Bonchev–Trinajstić information content (AvgIpc) is 3.06. The minimum atomic E-state index is -0.444. The summed E-state index contributed by atoms with van der Waals surface area (Å²) in [6.07, 6.45) is 1.20. The fraction of sp³-hybridized carbons (Fsp3) is 0.458. The predicted octanol–water partition coefficient (Wildman–Crippen LogP) is 4.02. The molecule has 1 atom stereocenters. The first-order valence-corrected chi connectivity index (χ1v) is 11.3. The third-order valence-electron chi connectivity index (χ3n) is 5.69. The lowest BCUT2D eigenvalue weighted by Crippen LogP contribution is -2.45. The zero-order valence-electron chi connectivity index (χ0n) is 19.0. The number of carbonyl (C=O) groups is 3. The molecule has 1 aromatic heterocycles. The largest absolute Gasteiger partial charge is 0.459 e. The number of aromatic amines is 1. The van der Waals surface area contributed by atoms with Gasteiger partial charge in [0.15, 0.2) is 0 Å². The van der Waals surface area contributed by atoms with Crippen LogP contribution in [0, 0.1) is 19.8 Å². The van der Waals surface area contributed by atoms with Crippen molar-refractivity contribution in [3.05, 3.63) is 57.4 Å². The van der Waals surface area contributed by atoms with Gasteiger partial charge in [0.05, 0.1) is 17.6 Å². The summed E-state index contributed by atoms with van der Waals surface area (Å²) >= 11 is 6.16. The van der Waals surface area contributed by atoms with Gasteiger partial charge in [-0.3, -0.25) is 9.59 Å². The van der Waals surface area contributed by atoms with Gasteiger partial charge in [0, 0.05) is 30.4 Å². The summed E-state index contributed by atoms with van der Waals surface area (Å²) in [5.41, 5.74) is 2.79. The Balaban J connectivity index is 1.67. The van der Waals surface area contributed by atoms with Crippen LogP contribution in [0.2, 0.25) is 5.02 Å². The minimum absolute atomic E-state index is 0.0944. The van der Waals surface area contributed by atoms with Crippen LogP contribution in [0.5, 0.6) is 0 Å². The normalized spacial score (nSPS) is 16.2. The van der Waals surface area contributed by atoms with Crippen LogP contribution >= 0.6 is 11.6 Å². The Morgan fingerprint density at radius 3 is 2.66 bits per heavy atom. The van der Waals surface area contributed by atoms with Crippen molar-refractivity contribution in [2.45, 2.75) is 53.2 Å². The molecule has 0 bridgehead atoms. The maximum absolute atomic E-state index is 13.2. The Labute approximate surface area is 193 Å². The number of rotatable bonds is 6. The van der Waals surface area contributed by atoms with E-state index in [-0.39, 0.29) is 23.8 Å². The standard InChI is InChI=1S/C24H30ClN3O4/c1-14(2)32-24(31)20-15(3)21(27-16(20)4)23(30)28-11-7-9-18(13-28)22(29)26-12-17-8-5-6-10-19(17)25/h5-6,8,10,14,18,27H,7,9,11-13H2,1-4H3,(H,26,29). The number of halogens is 1. The molecule has 1 aliphatic heterocycles. The second kappa shape index (κ2) is 10.2. The second-order valence-electron chi connectivity index (χ2n) is 8.48. The summed E-state index contributed by atoms with van der Waals surface area (Å²) in [4.78, 5) is 43.1. The Morgan fingerprint density at radius 1 is 1.25 bits per heavy atom. The Morgan fingerprint density at radius 2 is 1.97 bits per heavy atom. The first kappa shape index (κ1) is 23.9. The van der Waals surface area contributed by atoms with Gasteiger partial charge in [-0.1, -0.05) is 29.8 Å². The fourth-order valence-corrected chi connectivity index (χ4v) is 4.25. The van der Waals surface area contributed by atoms with E-state index in [9.17, 15) is 14.4 Å². The van der Waals surface area contributed by atoms with Gasteiger partial charge in [-0.2, -0.15) is 0 Å². The number of piperidine rings is 1. The third kappa shape index (κ3) is 5.33. The van der Waals surface area contributed by atoms with E-state index < -0.39 is 5.97 Å². The Bertz CT molecular complexity index is 1010. The molecule has 1 aliphatic rings. The number of aromatic nitrogens is 1. The smallest absolute Gasteiger partial charge is 0.340 e. The summed E-state index contributed by atoms with van der Waals surface area (Å²) in [6, 6.07) is 7.38. The van der Waals surface area contributed by atoms with Crippen molar-refractivity contribution in [2.75, 3.05) is 13.1 Å². The lowest BCUT2D eigenvalue weighted by molar-refractivity contribution is -0.126. The van der Waals surface area contributed by atoms with Crippen LogP contribution in [0.3, 0.4) is 0 Å². The van der Waals surface area contributed by atoms with Gasteiger partial charge in [-0.05, 0) is 57.7 Å². The zero-order chi connectivity index (χ0) is 23.4. The van der Waals surface area contributed by atoms with E-state index in [1.807, 2.05) is 18.2 Å². The maximum Gasteiger partial charge on any atom is 0.340 e. The van der Waals surface area contributed by atoms with Crippen LogP contribution in [0.25, 0.3) is 0 Å². The Kier molecular flexibility index (Phi) is 7.61. The van der Waals surface area contributed by atoms with Gasteiger partial charge in [0.25, 0.3) is 5.91 Å². The maximum atomic E-state index is 13.2. The highest BCUT2D eigenvalue weighted by Crippen LogP contribution is 2.24. The molecule has 1 fully saturated rings. The predicted molar refractivity (Wildman–Crippen MR) is 123 cm³/mol. The summed E-state index contributed by atoms with van der Waals surface area (Å²) in [5.74, 6) is -1.04. The van der Waals surface area contributed by atoms with Gasteiger partial charge >= 0.3 is 5.97 Å². The first-order chi connectivity index (χ1) is 15.2. The number of hydrogen-bond donors (Lipinski definition) is 2. The first-order valence-electron chi connectivity index (χ1n) is 10.9. The molecule has 2 heterocycles. The number of hydrogen-bond acceptors (Lipinski definition) is 4. The highest BCUT2D eigenvalue weighted by molar-refractivity contribution is 6.31. The van der Waals surface area contributed by atoms with E-state index in [1.54, 1.807) is 38.7 Å². The van der Waals surface area contributed by atoms with Gasteiger partial charge in [0.2, 0.25) is 5.91 Å². The lowest BCUT2D eigenvalue weighted by Gasteiger charge is -2.32. The molecular formula is C24H30ClN3O4. The number of benzene rings is 1. The molecule has 0 radical (unpaired) electrons. The number of nitrogens with zero attached hydrogens (tertiary/aromatic N) is 1.